The first-order chi connectivity index (χ1) is 11.2. The molecule has 0 nitrogen and oxygen atoms in total. The molecule has 23 heavy (non-hydrogen) atoms. The number of hydrogen-bond acceptors (Lipinski definition) is 0. The van der Waals surface area contributed by atoms with Gasteiger partial charge >= 0.3 is 126 Å². The van der Waals surface area contributed by atoms with E-state index in [1.54, 1.807) is 0 Å². The summed E-state index contributed by atoms with van der Waals surface area (Å²) in [5.41, 5.74) is 0. The molecule has 3 aromatic carbocycles. The van der Waals surface area contributed by atoms with Crippen LogP contribution in [0, 0.1) is 0 Å². The average Bonchev–Trinajstić information content (AvgIpc) is 2.58. The van der Waals surface area contributed by atoms with E-state index in [2.05, 4.69) is 91.0 Å². The van der Waals surface area contributed by atoms with E-state index in [1.165, 1.54) is 13.4 Å². The molecule has 0 bridgehead atoms. The summed E-state index contributed by atoms with van der Waals surface area (Å²) >= 11 is -1.15. The standard InChI is InChI=1S/C18H15Se.BF3/c1-4-10-16(11-5-1)19(17-12-6-2-7-13-17)18-14-8-3-9-15-18;2-1(3)4/h1-15H;. The van der Waals surface area contributed by atoms with Crippen LogP contribution in [0.15, 0.2) is 91.0 Å². The van der Waals surface area contributed by atoms with Crippen molar-refractivity contribution in [1.82, 2.24) is 0 Å². The maximum absolute atomic E-state index is 9.67. The molecule has 0 atom stereocenters. The van der Waals surface area contributed by atoms with Crippen molar-refractivity contribution in [2.75, 3.05) is 0 Å². The van der Waals surface area contributed by atoms with Gasteiger partial charge in [-0.05, 0) is 0 Å². The fourth-order valence-corrected chi connectivity index (χ4v) is 6.49. The Bertz CT molecular complexity index is 582. The third kappa shape index (κ3) is 5.63. The molecule has 0 aromatic heterocycles. The zero-order valence-electron chi connectivity index (χ0n) is 12.3. The summed E-state index contributed by atoms with van der Waals surface area (Å²) in [6, 6.07) is 32.6. The van der Waals surface area contributed by atoms with Crippen molar-refractivity contribution >= 4 is 34.8 Å². The Morgan fingerprint density at radius 1 is 0.478 bits per heavy atom. The Labute approximate surface area is 139 Å². The van der Waals surface area contributed by atoms with Crippen LogP contribution in [0.1, 0.15) is 0 Å². The Kier molecular flexibility index (Phi) is 6.98. The molecule has 0 aliphatic rings. The van der Waals surface area contributed by atoms with Gasteiger partial charge in [-0.15, -0.1) is 0 Å². The van der Waals surface area contributed by atoms with Crippen LogP contribution in [0.5, 0.6) is 0 Å². The third-order valence-corrected chi connectivity index (χ3v) is 7.62. The fourth-order valence-electron chi connectivity index (χ4n) is 2.08. The van der Waals surface area contributed by atoms with E-state index in [0.29, 0.717) is 0 Å². The third-order valence-electron chi connectivity index (χ3n) is 2.94. The molecule has 0 fully saturated rings. The van der Waals surface area contributed by atoms with E-state index in [1.807, 2.05) is 0 Å². The van der Waals surface area contributed by atoms with E-state index < -0.39 is 21.4 Å². The van der Waals surface area contributed by atoms with E-state index >= 15 is 0 Å². The van der Waals surface area contributed by atoms with Crippen molar-refractivity contribution in [2.45, 2.75) is 0 Å². The Hall–Kier alpha value is -1.97. The summed E-state index contributed by atoms with van der Waals surface area (Å²) in [5, 5.41) is 0. The number of hydrogen-bond donors (Lipinski definition) is 0. The van der Waals surface area contributed by atoms with E-state index in [-0.39, 0.29) is 0 Å². The van der Waals surface area contributed by atoms with Gasteiger partial charge in [0, 0.05) is 0 Å². The van der Waals surface area contributed by atoms with Gasteiger partial charge in [0.05, 0.1) is 0 Å². The summed E-state index contributed by atoms with van der Waals surface area (Å²) in [7, 11) is -3.67. The second kappa shape index (κ2) is 9.24. The van der Waals surface area contributed by atoms with Crippen LogP contribution in [-0.2, 0) is 0 Å². The molecule has 0 amide bonds. The number of benzene rings is 3. The second-order valence-corrected chi connectivity index (χ2v) is 8.74. The average molecular weight is 378 g/mol. The van der Waals surface area contributed by atoms with Crippen LogP contribution in [-0.4, -0.2) is 21.4 Å². The minimum absolute atomic E-state index is 1.15. The monoisotopic (exact) mass is 379 g/mol. The van der Waals surface area contributed by atoms with E-state index in [4.69, 9.17) is 0 Å². The zero-order valence-corrected chi connectivity index (χ0v) is 14.0. The van der Waals surface area contributed by atoms with Gasteiger partial charge in [-0.2, -0.15) is 0 Å². The number of halogens is 3. The Morgan fingerprint density at radius 2 is 0.696 bits per heavy atom. The number of rotatable bonds is 3. The molecular weight excluding hydrogens is 363 g/mol. The molecule has 0 N–H and O–H groups in total. The molecule has 0 spiro atoms. The molecule has 0 aliphatic heterocycles. The molecule has 0 heterocycles. The van der Waals surface area contributed by atoms with Crippen molar-refractivity contribution in [3.05, 3.63) is 91.0 Å². The van der Waals surface area contributed by atoms with Crippen molar-refractivity contribution in [2.24, 2.45) is 0 Å². The minimum atomic E-state index is -3.67. The molecule has 3 aromatic rings. The Balaban J connectivity index is 0.000000433. The molecule has 0 saturated carbocycles. The van der Waals surface area contributed by atoms with Gasteiger partial charge in [-0.25, -0.2) is 0 Å². The zero-order chi connectivity index (χ0) is 16.5. The first kappa shape index (κ1) is 17.4. The molecule has 0 aliphatic carbocycles. The Morgan fingerprint density at radius 3 is 0.913 bits per heavy atom. The van der Waals surface area contributed by atoms with Crippen LogP contribution >= 0.6 is 0 Å². The van der Waals surface area contributed by atoms with Gasteiger partial charge in [0.1, 0.15) is 0 Å². The second-order valence-electron chi connectivity index (χ2n) is 4.49. The predicted molar refractivity (Wildman–Crippen MR) is 93.1 cm³/mol. The van der Waals surface area contributed by atoms with Gasteiger partial charge in [-0.3, -0.25) is 12.9 Å². The fraction of sp³-hybridized carbons (Fsp3) is 0. The molecule has 0 saturated heterocycles. The summed E-state index contributed by atoms with van der Waals surface area (Å²) in [6.45, 7) is 0. The van der Waals surface area contributed by atoms with Crippen molar-refractivity contribution in [3.8, 4) is 0 Å². The molecule has 5 heteroatoms. The van der Waals surface area contributed by atoms with Crippen molar-refractivity contribution in [1.29, 1.82) is 0 Å². The van der Waals surface area contributed by atoms with Crippen molar-refractivity contribution < 1.29 is 12.9 Å². The topological polar surface area (TPSA) is 0 Å². The van der Waals surface area contributed by atoms with Gasteiger partial charge in [-0.1, -0.05) is 0 Å². The summed E-state index contributed by atoms with van der Waals surface area (Å²) in [4.78, 5) is 0. The van der Waals surface area contributed by atoms with Gasteiger partial charge < -0.3 is 0 Å². The summed E-state index contributed by atoms with van der Waals surface area (Å²) in [6.07, 6.45) is 0. The van der Waals surface area contributed by atoms with Crippen LogP contribution in [0.3, 0.4) is 0 Å². The van der Waals surface area contributed by atoms with Crippen LogP contribution in [0.25, 0.3) is 0 Å². The van der Waals surface area contributed by atoms with Crippen LogP contribution in [0.2, 0.25) is 0 Å². The molecular formula is C18H15BF3Se. The molecule has 0 unspecified atom stereocenters. The summed E-state index contributed by atoms with van der Waals surface area (Å²) < 4.78 is 33.4. The first-order valence-corrected chi connectivity index (χ1v) is 9.57. The molecule has 1 radical (unpaired) electrons. The van der Waals surface area contributed by atoms with E-state index in [9.17, 15) is 12.9 Å². The predicted octanol–water partition coefficient (Wildman–Crippen LogP) is 3.08. The SMILES string of the molecule is FB(F)F.c1ccc([Se](c2ccccc2)c2ccccc2)cc1. The quantitative estimate of drug-likeness (QED) is 0.615. The van der Waals surface area contributed by atoms with Crippen molar-refractivity contribution in [3.63, 3.8) is 0 Å². The van der Waals surface area contributed by atoms with Gasteiger partial charge in [0.2, 0.25) is 0 Å². The maximum atomic E-state index is 9.67. The normalized spacial score (nSPS) is 9.91. The van der Waals surface area contributed by atoms with Crippen LogP contribution < -0.4 is 13.4 Å². The van der Waals surface area contributed by atoms with Gasteiger partial charge in [0.15, 0.2) is 0 Å². The first-order valence-electron chi connectivity index (χ1n) is 7.00. The molecule has 3 rings (SSSR count). The van der Waals surface area contributed by atoms with E-state index in [0.717, 1.165) is 0 Å². The van der Waals surface area contributed by atoms with Gasteiger partial charge in [0.25, 0.3) is 0 Å². The summed E-state index contributed by atoms with van der Waals surface area (Å²) in [5.74, 6) is 0. The van der Waals surface area contributed by atoms with Crippen LogP contribution in [0.4, 0.5) is 12.9 Å². The molecule has 117 valence electrons.